The van der Waals surface area contributed by atoms with Crippen LogP contribution in [0.5, 0.6) is 0 Å². The Kier molecular flexibility index (Phi) is 2.38. The lowest BCUT2D eigenvalue weighted by Gasteiger charge is -2.05. The van der Waals surface area contributed by atoms with Gasteiger partial charge < -0.3 is 11.2 Å². The average molecular weight is 193 g/mol. The molecule has 1 aromatic heterocycles. The molecule has 6 heteroatoms. The molecule has 0 atom stereocenters. The van der Waals surface area contributed by atoms with Crippen LogP contribution in [-0.2, 0) is 0 Å². The number of hydrogen-bond donors (Lipinski definition) is 3. The highest BCUT2D eigenvalue weighted by Crippen LogP contribution is 2.27. The van der Waals surface area contributed by atoms with Crippen LogP contribution in [0.3, 0.4) is 0 Å². The molecule has 0 saturated carbocycles. The zero-order valence-electron chi connectivity index (χ0n) is 5.44. The number of aromatic nitrogens is 1. The quantitative estimate of drug-likeness (QED) is 0.356. The van der Waals surface area contributed by atoms with Gasteiger partial charge in [-0.25, -0.2) is 4.98 Å². The van der Waals surface area contributed by atoms with Crippen LogP contribution in [-0.4, -0.2) is 4.98 Å². The zero-order valence-corrected chi connectivity index (χ0v) is 6.95. The number of nitrogens with two attached hydrogens (primary N) is 2. The minimum atomic E-state index is 0.164. The number of hydrogen-bond acceptors (Lipinski definition) is 4. The van der Waals surface area contributed by atoms with Gasteiger partial charge in [-0.3, -0.25) is 5.84 Å². The molecule has 0 saturated heterocycles. The normalized spacial score (nSPS) is 9.73. The largest absolute Gasteiger partial charge is 0.397 e. The maximum absolute atomic E-state index is 5.62. The minimum Gasteiger partial charge on any atom is -0.397 e. The second kappa shape index (κ2) is 3.13. The number of nitrogen functional groups attached to an aromatic ring is 2. The summed E-state index contributed by atoms with van der Waals surface area (Å²) in [5.41, 5.74) is 8.55. The van der Waals surface area contributed by atoms with Crippen LogP contribution in [0.1, 0.15) is 0 Å². The molecule has 0 aromatic carbocycles. The molecule has 4 nitrogen and oxygen atoms in total. The lowest BCUT2D eigenvalue weighted by molar-refractivity contribution is 1.27. The third-order valence-corrected chi connectivity index (χ3v) is 1.59. The summed E-state index contributed by atoms with van der Waals surface area (Å²) in [4.78, 5) is 3.71. The Balaban J connectivity index is 3.25. The van der Waals surface area contributed by atoms with Crippen LogP contribution < -0.4 is 17.0 Å². The predicted molar refractivity (Wildman–Crippen MR) is 46.5 cm³/mol. The number of pyridine rings is 1. The highest BCUT2D eigenvalue weighted by atomic mass is 35.5. The van der Waals surface area contributed by atoms with E-state index in [2.05, 4.69) is 10.4 Å². The van der Waals surface area contributed by atoms with Gasteiger partial charge in [0, 0.05) is 6.07 Å². The van der Waals surface area contributed by atoms with Crippen LogP contribution in [0.15, 0.2) is 6.07 Å². The number of rotatable bonds is 1. The van der Waals surface area contributed by atoms with Crippen LogP contribution in [0.2, 0.25) is 10.3 Å². The first-order valence-corrected chi connectivity index (χ1v) is 3.49. The van der Waals surface area contributed by atoms with Gasteiger partial charge >= 0.3 is 0 Å². The van der Waals surface area contributed by atoms with Gasteiger partial charge in [0.2, 0.25) is 0 Å². The standard InChI is InChI=1S/C5H6Cl2N4/c6-3-1-2(8)4(11-9)5(7)10-3/h1,11H,9H2,(H2,8,10). The molecule has 0 radical (unpaired) electrons. The SMILES string of the molecule is NNc1c(N)cc(Cl)nc1Cl. The number of hydrazine groups is 1. The second-order valence-corrected chi connectivity index (χ2v) is 2.59. The van der Waals surface area contributed by atoms with Crippen LogP contribution in [0, 0.1) is 0 Å². The third-order valence-electron chi connectivity index (χ3n) is 1.12. The maximum Gasteiger partial charge on any atom is 0.157 e. The van der Waals surface area contributed by atoms with Crippen molar-refractivity contribution in [2.24, 2.45) is 5.84 Å². The van der Waals surface area contributed by atoms with E-state index in [4.69, 9.17) is 34.8 Å². The summed E-state index contributed by atoms with van der Waals surface area (Å²) >= 11 is 11.2. The first kappa shape index (κ1) is 8.39. The summed E-state index contributed by atoms with van der Waals surface area (Å²) in [6, 6.07) is 1.46. The Labute approximate surface area is 73.5 Å². The van der Waals surface area contributed by atoms with E-state index in [9.17, 15) is 0 Å². The maximum atomic E-state index is 5.62. The summed E-state index contributed by atoms with van der Waals surface area (Å²) in [7, 11) is 0. The molecule has 0 unspecified atom stereocenters. The number of nitrogens with one attached hydrogen (secondary N) is 1. The number of halogens is 2. The third kappa shape index (κ3) is 1.65. The molecule has 1 aromatic rings. The van der Waals surface area contributed by atoms with E-state index in [-0.39, 0.29) is 10.3 Å². The monoisotopic (exact) mass is 192 g/mol. The minimum absolute atomic E-state index is 0.164. The Bertz CT molecular complexity index is 252. The van der Waals surface area contributed by atoms with Gasteiger partial charge in [-0.15, -0.1) is 0 Å². The Morgan fingerprint density at radius 1 is 1.45 bits per heavy atom. The molecule has 5 N–H and O–H groups in total. The van der Waals surface area contributed by atoms with Gasteiger partial charge in [0.05, 0.1) is 5.69 Å². The van der Waals surface area contributed by atoms with Crippen molar-refractivity contribution in [3.63, 3.8) is 0 Å². The predicted octanol–water partition coefficient (Wildman–Crippen LogP) is 1.26. The average Bonchev–Trinajstić information content (AvgIpc) is 1.85. The lowest BCUT2D eigenvalue weighted by atomic mass is 10.4. The molecule has 0 fully saturated rings. The van der Waals surface area contributed by atoms with Crippen molar-refractivity contribution in [3.8, 4) is 0 Å². The van der Waals surface area contributed by atoms with E-state index in [1.807, 2.05) is 0 Å². The van der Waals surface area contributed by atoms with Gasteiger partial charge in [0.25, 0.3) is 0 Å². The first-order valence-electron chi connectivity index (χ1n) is 2.73. The molecule has 1 heterocycles. The fraction of sp³-hybridized carbons (Fsp3) is 0. The summed E-state index contributed by atoms with van der Waals surface area (Å²) in [6.07, 6.45) is 0. The van der Waals surface area contributed by atoms with E-state index in [0.717, 1.165) is 0 Å². The van der Waals surface area contributed by atoms with Gasteiger partial charge in [0.15, 0.2) is 5.15 Å². The molecular weight excluding hydrogens is 187 g/mol. The fourth-order valence-electron chi connectivity index (χ4n) is 0.644. The number of nitrogens with zero attached hydrogens (tertiary/aromatic N) is 1. The van der Waals surface area contributed by atoms with E-state index >= 15 is 0 Å². The number of anilines is 2. The molecule has 0 aliphatic heterocycles. The van der Waals surface area contributed by atoms with Crippen molar-refractivity contribution < 1.29 is 0 Å². The van der Waals surface area contributed by atoms with Crippen molar-refractivity contribution in [1.82, 2.24) is 4.98 Å². The summed E-state index contributed by atoms with van der Waals surface area (Å²) in [5, 5.41) is 0.406. The summed E-state index contributed by atoms with van der Waals surface area (Å²) in [5.74, 6) is 5.10. The van der Waals surface area contributed by atoms with E-state index < -0.39 is 0 Å². The van der Waals surface area contributed by atoms with Crippen molar-refractivity contribution in [1.29, 1.82) is 0 Å². The molecule has 0 aliphatic rings. The van der Waals surface area contributed by atoms with E-state index in [0.29, 0.717) is 11.4 Å². The second-order valence-electron chi connectivity index (χ2n) is 1.84. The molecule has 0 spiro atoms. The smallest absolute Gasteiger partial charge is 0.157 e. The Hall–Kier alpha value is -0.710. The first-order chi connectivity index (χ1) is 5.15. The van der Waals surface area contributed by atoms with Crippen LogP contribution in [0.4, 0.5) is 11.4 Å². The van der Waals surface area contributed by atoms with Crippen LogP contribution in [0.25, 0.3) is 0 Å². The summed E-state index contributed by atoms with van der Waals surface area (Å²) < 4.78 is 0. The molecule has 60 valence electrons. The topological polar surface area (TPSA) is 77.0 Å². The highest BCUT2D eigenvalue weighted by molar-refractivity contribution is 6.35. The van der Waals surface area contributed by atoms with Gasteiger partial charge in [0.1, 0.15) is 10.8 Å². The van der Waals surface area contributed by atoms with Crippen molar-refractivity contribution >= 4 is 34.6 Å². The van der Waals surface area contributed by atoms with Crippen molar-refractivity contribution in [2.75, 3.05) is 11.2 Å². The van der Waals surface area contributed by atoms with E-state index in [1.165, 1.54) is 6.07 Å². The molecule has 0 bridgehead atoms. The molecular formula is C5H6Cl2N4. The van der Waals surface area contributed by atoms with E-state index in [1.54, 1.807) is 0 Å². The Morgan fingerprint density at radius 3 is 2.55 bits per heavy atom. The van der Waals surface area contributed by atoms with Gasteiger partial charge in [-0.05, 0) is 0 Å². The molecule has 1 rings (SSSR count). The lowest BCUT2D eigenvalue weighted by Crippen LogP contribution is -2.10. The van der Waals surface area contributed by atoms with Gasteiger partial charge in [-0.1, -0.05) is 23.2 Å². The zero-order chi connectivity index (χ0) is 8.43. The summed E-state index contributed by atoms with van der Waals surface area (Å²) in [6.45, 7) is 0. The highest BCUT2D eigenvalue weighted by Gasteiger charge is 2.05. The molecule has 0 aliphatic carbocycles. The van der Waals surface area contributed by atoms with Crippen molar-refractivity contribution in [2.45, 2.75) is 0 Å². The molecule has 0 amide bonds. The molecule has 11 heavy (non-hydrogen) atoms. The van der Waals surface area contributed by atoms with Crippen LogP contribution >= 0.6 is 23.2 Å². The van der Waals surface area contributed by atoms with Gasteiger partial charge in [-0.2, -0.15) is 0 Å². The fourth-order valence-corrected chi connectivity index (χ4v) is 1.14. The Morgan fingerprint density at radius 2 is 2.09 bits per heavy atom. The van der Waals surface area contributed by atoms with Crippen molar-refractivity contribution in [3.05, 3.63) is 16.4 Å².